The number of aliphatic imine (C=N–C) groups is 1. The molecule has 1 unspecified atom stereocenters. The molecule has 0 radical (unpaired) electrons. The quantitative estimate of drug-likeness (QED) is 0.585. The van der Waals surface area contributed by atoms with Crippen LogP contribution in [0.2, 0.25) is 0 Å². The second-order valence-electron chi connectivity index (χ2n) is 8.40. The number of amides is 1. The number of benzene rings is 1. The Bertz CT molecular complexity index is 674. The molecule has 0 aromatic heterocycles. The molecule has 28 heavy (non-hydrogen) atoms. The summed E-state index contributed by atoms with van der Waals surface area (Å²) in [6, 6.07) is 6.99. The van der Waals surface area contributed by atoms with Gasteiger partial charge in [0.05, 0.1) is 0 Å². The van der Waals surface area contributed by atoms with E-state index in [-0.39, 0.29) is 5.92 Å². The van der Waals surface area contributed by atoms with E-state index in [1.807, 2.05) is 0 Å². The molecule has 0 bridgehead atoms. The number of likely N-dealkylation sites (tertiary alicyclic amines) is 1. The van der Waals surface area contributed by atoms with Crippen LogP contribution in [0, 0.1) is 19.8 Å². The third-order valence-electron chi connectivity index (χ3n) is 5.84. The van der Waals surface area contributed by atoms with Gasteiger partial charge in [0, 0.05) is 38.1 Å². The molecule has 1 amide bonds. The number of rotatable bonds is 6. The maximum absolute atomic E-state index is 12.6. The molecule has 0 spiro atoms. The minimum absolute atomic E-state index is 0.276. The Balaban J connectivity index is 1.51. The van der Waals surface area contributed by atoms with Crippen molar-refractivity contribution in [2.24, 2.45) is 10.9 Å². The molecule has 1 aromatic rings. The van der Waals surface area contributed by atoms with Gasteiger partial charge >= 0.3 is 0 Å². The van der Waals surface area contributed by atoms with Gasteiger partial charge in [0.2, 0.25) is 5.91 Å². The van der Waals surface area contributed by atoms with E-state index in [4.69, 9.17) is 4.99 Å². The number of aryl methyl sites for hydroxylation is 2. The highest BCUT2D eigenvalue weighted by molar-refractivity contribution is 5.81. The Morgan fingerprint density at radius 2 is 1.86 bits per heavy atom. The zero-order valence-electron chi connectivity index (χ0n) is 17.8. The molecule has 5 heteroatoms. The van der Waals surface area contributed by atoms with Crippen molar-refractivity contribution in [3.05, 3.63) is 34.9 Å². The van der Waals surface area contributed by atoms with Gasteiger partial charge in [-0.15, -0.1) is 0 Å². The maximum Gasteiger partial charge on any atom is 0.225 e. The van der Waals surface area contributed by atoms with Crippen LogP contribution in [0.1, 0.15) is 55.7 Å². The molecule has 2 N–H and O–H groups in total. The second-order valence-corrected chi connectivity index (χ2v) is 8.40. The normalized spacial score (nSPS) is 20.6. The molecule has 1 aliphatic carbocycles. The summed E-state index contributed by atoms with van der Waals surface area (Å²) in [6.07, 6.45) is 6.52. The van der Waals surface area contributed by atoms with Gasteiger partial charge in [-0.1, -0.05) is 42.2 Å². The summed E-state index contributed by atoms with van der Waals surface area (Å²) in [7, 11) is 0. The van der Waals surface area contributed by atoms with Crippen molar-refractivity contribution < 1.29 is 4.79 Å². The molecule has 1 atom stereocenters. The van der Waals surface area contributed by atoms with E-state index in [0.29, 0.717) is 11.9 Å². The lowest BCUT2D eigenvalue weighted by molar-refractivity contribution is -0.134. The summed E-state index contributed by atoms with van der Waals surface area (Å²) in [6.45, 7) is 9.65. The van der Waals surface area contributed by atoms with E-state index >= 15 is 0 Å². The van der Waals surface area contributed by atoms with Gasteiger partial charge in [0.15, 0.2) is 5.96 Å². The zero-order chi connectivity index (χ0) is 19.9. The average molecular weight is 385 g/mol. The summed E-state index contributed by atoms with van der Waals surface area (Å²) in [5.41, 5.74) is 3.95. The van der Waals surface area contributed by atoms with E-state index < -0.39 is 0 Å². The monoisotopic (exact) mass is 384 g/mol. The number of hydrogen-bond acceptors (Lipinski definition) is 2. The lowest BCUT2D eigenvalue weighted by Crippen LogP contribution is -2.45. The number of nitrogens with zero attached hydrogens (tertiary/aromatic N) is 2. The largest absolute Gasteiger partial charge is 0.357 e. The average Bonchev–Trinajstić information content (AvgIpc) is 3.32. The molecule has 1 heterocycles. The number of carbonyl (C=O) groups is 1. The molecular formula is C23H36N4O. The first-order valence-corrected chi connectivity index (χ1v) is 11.0. The Kier molecular flexibility index (Phi) is 7.35. The lowest BCUT2D eigenvalue weighted by Gasteiger charge is -2.21. The van der Waals surface area contributed by atoms with Crippen molar-refractivity contribution >= 4 is 11.9 Å². The molecule has 154 valence electrons. The Hall–Kier alpha value is -2.04. The molecule has 1 saturated carbocycles. The minimum Gasteiger partial charge on any atom is -0.357 e. The van der Waals surface area contributed by atoms with Crippen LogP contribution < -0.4 is 10.6 Å². The molecule has 2 aliphatic rings. The molecule has 1 saturated heterocycles. The number of hydrogen-bond donors (Lipinski definition) is 2. The SMILES string of the molecule is CCNC(=NCCc1cc(C)cc(C)c1)NC1CCN(C(=O)C2CCCC2)C1. The second kappa shape index (κ2) is 9.94. The summed E-state index contributed by atoms with van der Waals surface area (Å²) in [4.78, 5) is 19.5. The van der Waals surface area contributed by atoms with Crippen LogP contribution in [0.3, 0.4) is 0 Å². The highest BCUT2D eigenvalue weighted by atomic mass is 16.2. The molecular weight excluding hydrogens is 348 g/mol. The Morgan fingerprint density at radius 3 is 2.54 bits per heavy atom. The van der Waals surface area contributed by atoms with Gasteiger partial charge < -0.3 is 15.5 Å². The molecule has 1 aliphatic heterocycles. The standard InChI is InChI=1S/C23H36N4O/c1-4-24-23(25-11-9-19-14-17(2)13-18(3)15-19)26-21-10-12-27(16-21)22(28)20-7-5-6-8-20/h13-15,20-21H,4-12,16H2,1-3H3,(H2,24,25,26). The van der Waals surface area contributed by atoms with Crippen LogP contribution in [-0.2, 0) is 11.2 Å². The molecule has 1 aromatic carbocycles. The topological polar surface area (TPSA) is 56.7 Å². The van der Waals surface area contributed by atoms with Gasteiger partial charge in [-0.25, -0.2) is 0 Å². The van der Waals surface area contributed by atoms with Crippen LogP contribution in [-0.4, -0.2) is 49.0 Å². The number of nitrogens with one attached hydrogen (secondary N) is 2. The van der Waals surface area contributed by atoms with Crippen LogP contribution >= 0.6 is 0 Å². The fourth-order valence-corrected chi connectivity index (χ4v) is 4.53. The third kappa shape index (κ3) is 5.73. The van der Waals surface area contributed by atoms with Crippen LogP contribution in [0.15, 0.2) is 23.2 Å². The first kappa shape index (κ1) is 20.7. The van der Waals surface area contributed by atoms with Crippen molar-refractivity contribution in [3.8, 4) is 0 Å². The minimum atomic E-state index is 0.276. The summed E-state index contributed by atoms with van der Waals surface area (Å²) in [5, 5.41) is 6.90. The van der Waals surface area contributed by atoms with E-state index in [2.05, 4.69) is 54.5 Å². The van der Waals surface area contributed by atoms with Gasteiger partial charge in [0.1, 0.15) is 0 Å². The predicted molar refractivity (Wildman–Crippen MR) is 116 cm³/mol. The van der Waals surface area contributed by atoms with Crippen molar-refractivity contribution in [1.82, 2.24) is 15.5 Å². The third-order valence-corrected chi connectivity index (χ3v) is 5.84. The zero-order valence-corrected chi connectivity index (χ0v) is 17.8. The van der Waals surface area contributed by atoms with E-state index in [1.165, 1.54) is 29.5 Å². The van der Waals surface area contributed by atoms with Crippen molar-refractivity contribution in [3.63, 3.8) is 0 Å². The molecule has 2 fully saturated rings. The summed E-state index contributed by atoms with van der Waals surface area (Å²) in [5.74, 6) is 1.52. The fourth-order valence-electron chi connectivity index (χ4n) is 4.53. The Morgan fingerprint density at radius 1 is 1.14 bits per heavy atom. The van der Waals surface area contributed by atoms with Crippen LogP contribution in [0.5, 0.6) is 0 Å². The van der Waals surface area contributed by atoms with E-state index in [9.17, 15) is 4.79 Å². The number of carbonyl (C=O) groups excluding carboxylic acids is 1. The van der Waals surface area contributed by atoms with Gasteiger partial charge in [-0.05, 0) is 52.0 Å². The molecule has 3 rings (SSSR count). The first-order chi connectivity index (χ1) is 13.5. The van der Waals surface area contributed by atoms with Crippen molar-refractivity contribution in [2.45, 2.75) is 65.3 Å². The fraction of sp³-hybridized carbons (Fsp3) is 0.652. The highest BCUT2D eigenvalue weighted by Crippen LogP contribution is 2.27. The van der Waals surface area contributed by atoms with Gasteiger partial charge in [-0.2, -0.15) is 0 Å². The van der Waals surface area contributed by atoms with E-state index in [0.717, 1.165) is 57.8 Å². The molecule has 5 nitrogen and oxygen atoms in total. The van der Waals surface area contributed by atoms with E-state index in [1.54, 1.807) is 0 Å². The lowest BCUT2D eigenvalue weighted by atomic mass is 10.1. The first-order valence-electron chi connectivity index (χ1n) is 11.0. The van der Waals surface area contributed by atoms with Gasteiger partial charge in [-0.3, -0.25) is 9.79 Å². The Labute approximate surface area is 170 Å². The van der Waals surface area contributed by atoms with Crippen LogP contribution in [0.25, 0.3) is 0 Å². The highest BCUT2D eigenvalue weighted by Gasteiger charge is 2.32. The van der Waals surface area contributed by atoms with Gasteiger partial charge in [0.25, 0.3) is 0 Å². The van der Waals surface area contributed by atoms with Crippen LogP contribution in [0.4, 0.5) is 0 Å². The predicted octanol–water partition coefficient (Wildman–Crippen LogP) is 3.19. The number of guanidine groups is 1. The summed E-state index contributed by atoms with van der Waals surface area (Å²) < 4.78 is 0. The summed E-state index contributed by atoms with van der Waals surface area (Å²) >= 11 is 0. The van der Waals surface area contributed by atoms with Crippen molar-refractivity contribution in [2.75, 3.05) is 26.2 Å². The van der Waals surface area contributed by atoms with Crippen molar-refractivity contribution in [1.29, 1.82) is 0 Å². The smallest absolute Gasteiger partial charge is 0.225 e. The maximum atomic E-state index is 12.6.